The molecule has 0 atom stereocenters. The predicted molar refractivity (Wildman–Crippen MR) is 70.9 cm³/mol. The van der Waals surface area contributed by atoms with Gasteiger partial charge < -0.3 is 20.3 Å². The van der Waals surface area contributed by atoms with Crippen LogP contribution < -0.4 is 10.5 Å². The van der Waals surface area contributed by atoms with Crippen LogP contribution >= 0.6 is 0 Å². The van der Waals surface area contributed by atoms with Gasteiger partial charge in [-0.2, -0.15) is 0 Å². The maximum absolute atomic E-state index is 12.3. The number of hydrogen-bond donors (Lipinski definition) is 1. The Bertz CT molecular complexity index is 482. The fraction of sp³-hybridized carbons (Fsp3) is 0.385. The minimum Gasteiger partial charge on any atom is -0.495 e. The average Bonchev–Trinajstić information content (AvgIpc) is 2.47. The monoisotopic (exact) mass is 263 g/mol. The minimum absolute atomic E-state index is 0.0659. The molecule has 2 amide bonds. The van der Waals surface area contributed by atoms with Gasteiger partial charge in [0, 0.05) is 31.7 Å². The standard InChI is InChI=1S/C13H17N3O3/c1-19-12-8-10(2-3-11(12)14)13(18)16-6-4-15(9-17)5-7-16/h2-3,8-9H,4-7,14H2,1H3. The van der Waals surface area contributed by atoms with Crippen LogP contribution in [0.15, 0.2) is 18.2 Å². The summed E-state index contributed by atoms with van der Waals surface area (Å²) in [6.07, 6.45) is 0.814. The first-order chi connectivity index (χ1) is 9.15. The van der Waals surface area contributed by atoms with Gasteiger partial charge in [-0.05, 0) is 18.2 Å². The van der Waals surface area contributed by atoms with Crippen molar-refractivity contribution < 1.29 is 14.3 Å². The van der Waals surface area contributed by atoms with Gasteiger partial charge in [0.1, 0.15) is 5.75 Å². The number of carbonyl (C=O) groups is 2. The molecule has 6 nitrogen and oxygen atoms in total. The van der Waals surface area contributed by atoms with E-state index in [1.807, 2.05) is 0 Å². The molecule has 0 spiro atoms. The topological polar surface area (TPSA) is 75.9 Å². The van der Waals surface area contributed by atoms with Gasteiger partial charge in [-0.3, -0.25) is 9.59 Å². The summed E-state index contributed by atoms with van der Waals surface area (Å²) in [5.41, 5.74) is 6.77. The number of carbonyl (C=O) groups excluding carboxylic acids is 2. The summed E-state index contributed by atoms with van der Waals surface area (Å²) in [4.78, 5) is 26.3. The third kappa shape index (κ3) is 2.78. The Morgan fingerprint density at radius 1 is 1.32 bits per heavy atom. The molecular formula is C13H17N3O3. The van der Waals surface area contributed by atoms with Crippen molar-refractivity contribution in [1.82, 2.24) is 9.80 Å². The highest BCUT2D eigenvalue weighted by Gasteiger charge is 2.21. The minimum atomic E-state index is -0.0659. The van der Waals surface area contributed by atoms with E-state index >= 15 is 0 Å². The fourth-order valence-electron chi connectivity index (χ4n) is 2.06. The zero-order valence-electron chi connectivity index (χ0n) is 10.8. The zero-order chi connectivity index (χ0) is 13.8. The van der Waals surface area contributed by atoms with Crippen LogP contribution in [-0.2, 0) is 4.79 Å². The van der Waals surface area contributed by atoms with Crippen LogP contribution in [0, 0.1) is 0 Å². The third-order valence-corrected chi connectivity index (χ3v) is 3.23. The van der Waals surface area contributed by atoms with Gasteiger partial charge in [0.25, 0.3) is 5.91 Å². The van der Waals surface area contributed by atoms with Crippen molar-refractivity contribution in [2.45, 2.75) is 0 Å². The SMILES string of the molecule is COc1cc(C(=O)N2CCN(C=O)CC2)ccc1N. The van der Waals surface area contributed by atoms with Crippen LogP contribution in [0.3, 0.4) is 0 Å². The molecule has 0 unspecified atom stereocenters. The molecule has 2 rings (SSSR count). The molecule has 19 heavy (non-hydrogen) atoms. The Morgan fingerprint density at radius 3 is 2.58 bits per heavy atom. The number of piperazine rings is 1. The first-order valence-corrected chi connectivity index (χ1v) is 6.08. The summed E-state index contributed by atoms with van der Waals surface area (Å²) >= 11 is 0. The molecule has 6 heteroatoms. The molecule has 0 bridgehead atoms. The van der Waals surface area contributed by atoms with Crippen LogP contribution in [0.2, 0.25) is 0 Å². The van der Waals surface area contributed by atoms with E-state index in [0.717, 1.165) is 6.41 Å². The van der Waals surface area contributed by atoms with Gasteiger partial charge in [-0.1, -0.05) is 0 Å². The van der Waals surface area contributed by atoms with E-state index in [-0.39, 0.29) is 5.91 Å². The van der Waals surface area contributed by atoms with Crippen LogP contribution in [-0.4, -0.2) is 55.4 Å². The van der Waals surface area contributed by atoms with Crippen LogP contribution in [0.25, 0.3) is 0 Å². The second-order valence-electron chi connectivity index (χ2n) is 4.39. The van der Waals surface area contributed by atoms with Crippen molar-refractivity contribution in [2.24, 2.45) is 0 Å². The molecule has 0 aromatic heterocycles. The molecule has 1 aliphatic rings. The summed E-state index contributed by atoms with van der Waals surface area (Å²) in [5.74, 6) is 0.432. The molecule has 102 valence electrons. The van der Waals surface area contributed by atoms with Crippen LogP contribution in [0.5, 0.6) is 5.75 Å². The summed E-state index contributed by atoms with van der Waals surface area (Å²) in [6, 6.07) is 4.99. The Kier molecular flexibility index (Phi) is 3.89. The van der Waals surface area contributed by atoms with Crippen molar-refractivity contribution in [3.8, 4) is 5.75 Å². The summed E-state index contributed by atoms with van der Waals surface area (Å²) in [6.45, 7) is 2.23. The van der Waals surface area contributed by atoms with Crippen molar-refractivity contribution in [3.05, 3.63) is 23.8 Å². The molecule has 0 aliphatic carbocycles. The molecule has 1 aromatic rings. The number of nitrogens with two attached hydrogens (primary N) is 1. The largest absolute Gasteiger partial charge is 0.495 e. The molecule has 1 saturated heterocycles. The highest BCUT2D eigenvalue weighted by Crippen LogP contribution is 2.23. The number of nitrogen functional groups attached to an aromatic ring is 1. The van der Waals surface area contributed by atoms with Crippen LogP contribution in [0.1, 0.15) is 10.4 Å². The smallest absolute Gasteiger partial charge is 0.254 e. The predicted octanol–water partition coefficient (Wildman–Crippen LogP) is 0.192. The van der Waals surface area contributed by atoms with Crippen molar-refractivity contribution in [2.75, 3.05) is 39.0 Å². The second kappa shape index (κ2) is 5.60. The van der Waals surface area contributed by atoms with Gasteiger partial charge in [-0.25, -0.2) is 0 Å². The summed E-state index contributed by atoms with van der Waals surface area (Å²) < 4.78 is 5.11. The Hall–Kier alpha value is -2.24. The Labute approximate surface area is 111 Å². The number of anilines is 1. The number of nitrogens with zero attached hydrogens (tertiary/aromatic N) is 2. The molecule has 0 saturated carbocycles. The fourth-order valence-corrected chi connectivity index (χ4v) is 2.06. The molecule has 1 aromatic carbocycles. The molecular weight excluding hydrogens is 246 g/mol. The molecule has 0 radical (unpaired) electrons. The van der Waals surface area contributed by atoms with E-state index in [1.165, 1.54) is 7.11 Å². The van der Waals surface area contributed by atoms with Crippen molar-refractivity contribution in [3.63, 3.8) is 0 Å². The van der Waals surface area contributed by atoms with E-state index in [0.29, 0.717) is 43.2 Å². The van der Waals surface area contributed by atoms with Gasteiger partial charge in [0.15, 0.2) is 0 Å². The summed E-state index contributed by atoms with van der Waals surface area (Å²) in [5, 5.41) is 0. The van der Waals surface area contributed by atoms with E-state index < -0.39 is 0 Å². The average molecular weight is 263 g/mol. The number of methoxy groups -OCH3 is 1. The lowest BCUT2D eigenvalue weighted by Gasteiger charge is -2.32. The van der Waals surface area contributed by atoms with Crippen molar-refractivity contribution >= 4 is 18.0 Å². The normalized spacial score (nSPS) is 15.2. The number of benzene rings is 1. The van der Waals surface area contributed by atoms with E-state index in [2.05, 4.69) is 0 Å². The maximum atomic E-state index is 12.3. The van der Waals surface area contributed by atoms with E-state index in [9.17, 15) is 9.59 Å². The van der Waals surface area contributed by atoms with Gasteiger partial charge >= 0.3 is 0 Å². The molecule has 1 aliphatic heterocycles. The molecule has 2 N–H and O–H groups in total. The third-order valence-electron chi connectivity index (χ3n) is 3.23. The molecule has 1 heterocycles. The number of rotatable bonds is 3. The Morgan fingerprint density at radius 2 is 2.00 bits per heavy atom. The zero-order valence-corrected chi connectivity index (χ0v) is 10.8. The highest BCUT2D eigenvalue weighted by molar-refractivity contribution is 5.95. The quantitative estimate of drug-likeness (QED) is 0.624. The van der Waals surface area contributed by atoms with Gasteiger partial charge in [-0.15, -0.1) is 0 Å². The molecule has 1 fully saturated rings. The number of amides is 2. The van der Waals surface area contributed by atoms with Gasteiger partial charge in [0.2, 0.25) is 6.41 Å². The lowest BCUT2D eigenvalue weighted by Crippen LogP contribution is -2.48. The number of ether oxygens (including phenoxy) is 1. The van der Waals surface area contributed by atoms with Crippen LogP contribution in [0.4, 0.5) is 5.69 Å². The van der Waals surface area contributed by atoms with Crippen molar-refractivity contribution in [1.29, 1.82) is 0 Å². The van der Waals surface area contributed by atoms with Gasteiger partial charge in [0.05, 0.1) is 12.8 Å². The highest BCUT2D eigenvalue weighted by atomic mass is 16.5. The van der Waals surface area contributed by atoms with E-state index in [4.69, 9.17) is 10.5 Å². The first-order valence-electron chi connectivity index (χ1n) is 6.08. The van der Waals surface area contributed by atoms with E-state index in [1.54, 1.807) is 28.0 Å². The summed E-state index contributed by atoms with van der Waals surface area (Å²) in [7, 11) is 1.52. The Balaban J connectivity index is 2.10. The number of hydrogen-bond acceptors (Lipinski definition) is 4. The lowest BCUT2D eigenvalue weighted by atomic mass is 10.1. The maximum Gasteiger partial charge on any atom is 0.254 e. The lowest BCUT2D eigenvalue weighted by molar-refractivity contribution is -0.119. The first kappa shape index (κ1) is 13.2. The second-order valence-corrected chi connectivity index (χ2v) is 4.39.